The number of allylic oxidation sites excluding steroid dienone is 2. The maximum Gasteiger partial charge on any atom is -0.147 e. The summed E-state index contributed by atoms with van der Waals surface area (Å²) in [5, 5.41) is 2.33. The maximum absolute atomic E-state index is 4.91. The van der Waals surface area contributed by atoms with E-state index in [4.69, 9.17) is 9.97 Å². The average molecular weight is 861 g/mol. The molecule has 6 aromatic carbocycles. The van der Waals surface area contributed by atoms with Crippen LogP contribution in [0, 0.1) is 0 Å². The molecule has 274 valence electrons. The number of hydrogen-bond acceptors (Lipinski definition) is 2. The molecule has 56 heavy (non-hydrogen) atoms. The van der Waals surface area contributed by atoms with Crippen molar-refractivity contribution in [3.8, 4) is 22.3 Å². The van der Waals surface area contributed by atoms with E-state index in [2.05, 4.69) is 178 Å². The molecule has 6 heteroatoms. The van der Waals surface area contributed by atoms with Gasteiger partial charge in [0.15, 0.2) is 0 Å². The third-order valence-electron chi connectivity index (χ3n) is 12.6. The monoisotopic (exact) mass is 858 g/mol. The maximum atomic E-state index is 4.91. The Morgan fingerprint density at radius 1 is 0.429 bits per heavy atom. The Kier molecular flexibility index (Phi) is 10.0. The van der Waals surface area contributed by atoms with E-state index in [1.165, 1.54) is 73.0 Å². The number of aromatic nitrogens is 2. The van der Waals surface area contributed by atoms with Crippen LogP contribution >= 0.6 is 24.8 Å². The zero-order valence-corrected chi connectivity index (χ0v) is 36.9. The molecule has 8 aromatic rings. The van der Waals surface area contributed by atoms with Crippen molar-refractivity contribution < 1.29 is 17.4 Å². The van der Waals surface area contributed by atoms with E-state index in [1.807, 2.05) is 24.5 Å². The van der Waals surface area contributed by atoms with Crippen molar-refractivity contribution in [1.29, 1.82) is 0 Å². The van der Waals surface area contributed by atoms with Crippen molar-refractivity contribution in [2.75, 3.05) is 0 Å². The molecule has 10 rings (SSSR count). The molecule has 0 saturated carbocycles. The minimum atomic E-state index is -4.78. The van der Waals surface area contributed by atoms with Gasteiger partial charge in [0, 0.05) is 0 Å². The Hall–Kier alpha value is -4.70. The van der Waals surface area contributed by atoms with E-state index in [1.54, 1.807) is 0 Å². The number of hydrogen-bond donors (Lipinski definition) is 0. The smallest absolute Gasteiger partial charge is 0.147 e. The molecule has 0 N–H and O–H groups in total. The van der Waals surface area contributed by atoms with Gasteiger partial charge in [-0.25, -0.2) is 0 Å². The average Bonchev–Trinajstić information content (AvgIpc) is 3.77. The van der Waals surface area contributed by atoms with Crippen molar-refractivity contribution in [3.63, 3.8) is 0 Å². The van der Waals surface area contributed by atoms with Gasteiger partial charge in [-0.3, -0.25) is 0 Å². The predicted molar refractivity (Wildman–Crippen MR) is 242 cm³/mol. The molecule has 0 bridgehead atoms. The fourth-order valence-corrected chi connectivity index (χ4v) is 39.8. The van der Waals surface area contributed by atoms with E-state index < -0.39 is 17.4 Å². The molecule has 2 nitrogen and oxygen atoms in total. The molecule has 0 aliphatic heterocycles. The van der Waals surface area contributed by atoms with Gasteiger partial charge < -0.3 is 0 Å². The molecule has 0 fully saturated rings. The Bertz CT molecular complexity index is 2730. The van der Waals surface area contributed by atoms with Crippen LogP contribution in [0.2, 0.25) is 0 Å². The van der Waals surface area contributed by atoms with Gasteiger partial charge in [0.2, 0.25) is 0 Å². The Morgan fingerprint density at radius 2 is 0.804 bits per heavy atom. The zero-order valence-electron chi connectivity index (χ0n) is 31.4. The molecule has 2 unspecified atom stereocenters. The third-order valence-corrected chi connectivity index (χ3v) is 40.9. The van der Waals surface area contributed by atoms with Crippen LogP contribution < -0.4 is 6.54 Å². The van der Waals surface area contributed by atoms with Gasteiger partial charge >= 0.3 is 322 Å². The first-order chi connectivity index (χ1) is 26.5. The van der Waals surface area contributed by atoms with Crippen LogP contribution in [0.25, 0.3) is 56.2 Å². The van der Waals surface area contributed by atoms with Gasteiger partial charge in [-0.05, 0) is 0 Å². The van der Waals surface area contributed by atoms with E-state index in [9.17, 15) is 0 Å². The van der Waals surface area contributed by atoms with Crippen molar-refractivity contribution in [2.45, 2.75) is 21.1 Å². The second kappa shape index (κ2) is 14.7. The molecule has 0 saturated heterocycles. The van der Waals surface area contributed by atoms with Crippen LogP contribution in [0.15, 0.2) is 181 Å². The Labute approximate surface area is 343 Å². The van der Waals surface area contributed by atoms with E-state index >= 15 is 0 Å². The first-order valence-electron chi connectivity index (χ1n) is 18.9. The van der Waals surface area contributed by atoms with Crippen LogP contribution in [0.4, 0.5) is 0 Å². The molecule has 2 aromatic heterocycles. The van der Waals surface area contributed by atoms with Gasteiger partial charge in [-0.2, -0.15) is 0 Å². The summed E-state index contributed by atoms with van der Waals surface area (Å²) in [4.78, 5) is 9.82. The summed E-state index contributed by atoms with van der Waals surface area (Å²) >= 11 is -4.78. The number of pyridine rings is 2. The van der Waals surface area contributed by atoms with Crippen LogP contribution in [0.3, 0.4) is 0 Å². The van der Waals surface area contributed by atoms with Gasteiger partial charge in [0.25, 0.3) is 0 Å². The van der Waals surface area contributed by atoms with E-state index in [-0.39, 0.29) is 32.1 Å². The molecule has 2 atom stereocenters. The zero-order chi connectivity index (χ0) is 36.5. The number of rotatable bonds is 6. The van der Waals surface area contributed by atoms with Crippen molar-refractivity contribution in [3.05, 3.63) is 204 Å². The molecule has 2 aliphatic rings. The molecule has 2 aliphatic carbocycles. The molecule has 2 heterocycles. The van der Waals surface area contributed by atoms with Gasteiger partial charge in [0.05, 0.1) is 0 Å². The largest absolute Gasteiger partial charge is 0.147 e. The molecule has 0 amide bonds. The SMILES string of the molecule is CC1=Cc2c(-c3cccc4cccnc34)cccc2[CH]1[Zr](=[SiH2])([c]1ccccc1)([c]1ccccc1)[CH]1C(C)=Cc2c(-c3cccc4cccnc34)cccc21.Cl.Cl. The fourth-order valence-electron chi connectivity index (χ4n) is 10.6. The quantitative estimate of drug-likeness (QED) is 0.156. The summed E-state index contributed by atoms with van der Waals surface area (Å²) in [6.07, 6.45) is 8.89. The van der Waals surface area contributed by atoms with Crippen molar-refractivity contribution in [1.82, 2.24) is 9.97 Å². The van der Waals surface area contributed by atoms with Gasteiger partial charge in [-0.1, -0.05) is 0 Å². The molecule has 0 radical (unpaired) electrons. The second-order valence-corrected chi connectivity index (χ2v) is 38.1. The number of nitrogens with zero attached hydrogens (tertiary/aromatic N) is 2. The number of fused-ring (bicyclic) bond motifs is 4. The topological polar surface area (TPSA) is 25.8 Å². The van der Waals surface area contributed by atoms with Crippen LogP contribution in [-0.2, 0) is 17.4 Å². The van der Waals surface area contributed by atoms with E-state index in [0.29, 0.717) is 0 Å². The van der Waals surface area contributed by atoms with Crippen LogP contribution in [0.1, 0.15) is 43.4 Å². The first kappa shape index (κ1) is 38.2. The molecule has 0 spiro atoms. The fraction of sp³-hybridized carbons (Fsp3) is 0.0800. The first-order valence-corrected chi connectivity index (χ1v) is 30.1. The van der Waals surface area contributed by atoms with Crippen molar-refractivity contribution >= 4 is 72.2 Å². The Morgan fingerprint density at radius 3 is 1.23 bits per heavy atom. The summed E-state index contributed by atoms with van der Waals surface area (Å²) in [6, 6.07) is 59.0. The van der Waals surface area contributed by atoms with Crippen molar-refractivity contribution in [2.24, 2.45) is 0 Å². The van der Waals surface area contributed by atoms with E-state index in [0.717, 1.165) is 11.0 Å². The van der Waals surface area contributed by atoms with Crippen LogP contribution in [0.5, 0.6) is 0 Å². The third kappa shape index (κ3) is 5.45. The summed E-state index contributed by atoms with van der Waals surface area (Å²) in [5.74, 6) is 0. The summed E-state index contributed by atoms with van der Waals surface area (Å²) in [7, 11) is 0. The molecular formula is C50H42Cl2N2SiZr. The number of para-hydroxylation sites is 2. The number of benzene rings is 6. The normalized spacial score (nSPS) is 16.0. The summed E-state index contributed by atoms with van der Waals surface area (Å²) in [5.41, 5.74) is 15.5. The summed E-state index contributed by atoms with van der Waals surface area (Å²) < 4.78 is 3.51. The summed E-state index contributed by atoms with van der Waals surface area (Å²) in [6.45, 7) is 7.25. The second-order valence-electron chi connectivity index (χ2n) is 15.4. The van der Waals surface area contributed by atoms with Crippen LogP contribution in [-0.4, -0.2) is 16.8 Å². The van der Waals surface area contributed by atoms with Gasteiger partial charge in [-0.15, -0.1) is 24.8 Å². The minimum Gasteiger partial charge on any atom is -0.147 e. The number of halogens is 2. The minimum absolute atomic E-state index is 0. The Balaban J connectivity index is 0.00000220. The standard InChI is InChI=1S/2C19H14N.2C6H5.2ClH.H2Si.Zr/c2*1-13-11-15-6-3-8-16(18(15)12-13)17-9-2-5-14-7-4-10-20-19(14)17;2*1-2-4-6-5-3-1;;;;/h2*2-12H,1H3;2*1-5H;2*1H;1H2;. The molecular weight excluding hydrogens is 819 g/mol. The predicted octanol–water partition coefficient (Wildman–Crippen LogP) is 11.5. The van der Waals surface area contributed by atoms with Gasteiger partial charge in [0.1, 0.15) is 0 Å².